The third-order valence-corrected chi connectivity index (χ3v) is 0.998. The molecule has 0 fully saturated rings. The second kappa shape index (κ2) is 4.08. The molecule has 0 aromatic carbocycles. The summed E-state index contributed by atoms with van der Waals surface area (Å²) in [6.45, 7) is -0.0837. The second-order valence-corrected chi connectivity index (χ2v) is 1.92. The molecule has 2 amide bonds. The predicted octanol–water partition coefficient (Wildman–Crippen LogP) is -1.43. The first kappa shape index (κ1) is 9.19. The van der Waals surface area contributed by atoms with E-state index in [4.69, 9.17) is 10.2 Å². The molecule has 0 heterocycles. The van der Waals surface area contributed by atoms with Crippen LogP contribution in [0.15, 0.2) is 0 Å². The number of aliphatic hydroxyl groups is 2. The molecule has 0 aromatic rings. The van der Waals surface area contributed by atoms with Crippen LogP contribution >= 0.6 is 0 Å². The molecule has 3 N–H and O–H groups in total. The molecule has 0 saturated heterocycles. The van der Waals surface area contributed by atoms with Crippen LogP contribution in [0.2, 0.25) is 0 Å². The summed E-state index contributed by atoms with van der Waals surface area (Å²) in [7, 11) is 2.95. The molecule has 0 aromatic heterocycles. The van der Waals surface area contributed by atoms with E-state index in [1.807, 2.05) is 0 Å². The van der Waals surface area contributed by atoms with E-state index in [9.17, 15) is 4.79 Å². The quantitative estimate of drug-likeness (QED) is 0.420. The average molecular weight is 148 g/mol. The zero-order valence-corrected chi connectivity index (χ0v) is 6.03. The Morgan fingerprint density at radius 1 is 1.70 bits per heavy atom. The first-order valence-electron chi connectivity index (χ1n) is 2.87. The third-order valence-electron chi connectivity index (χ3n) is 0.998. The van der Waals surface area contributed by atoms with Gasteiger partial charge in [-0.25, -0.2) is 4.79 Å². The van der Waals surface area contributed by atoms with Crippen molar-refractivity contribution in [2.45, 2.75) is 6.29 Å². The van der Waals surface area contributed by atoms with Crippen molar-refractivity contribution in [3.63, 3.8) is 0 Å². The molecule has 0 aliphatic carbocycles. The Hall–Kier alpha value is -0.810. The molecule has 0 saturated carbocycles. The van der Waals surface area contributed by atoms with Gasteiger partial charge in [-0.2, -0.15) is 0 Å². The smallest absolute Gasteiger partial charge is 0.317 e. The lowest BCUT2D eigenvalue weighted by atomic mass is 10.5. The number of aliphatic hydroxyl groups excluding tert-OH is 1. The minimum absolute atomic E-state index is 0.0837. The van der Waals surface area contributed by atoms with E-state index in [2.05, 4.69) is 5.32 Å². The van der Waals surface area contributed by atoms with Crippen LogP contribution < -0.4 is 5.32 Å². The van der Waals surface area contributed by atoms with Gasteiger partial charge in [0.25, 0.3) is 0 Å². The van der Waals surface area contributed by atoms with Gasteiger partial charge >= 0.3 is 6.03 Å². The molecule has 5 nitrogen and oxygen atoms in total. The van der Waals surface area contributed by atoms with Gasteiger partial charge in [-0.1, -0.05) is 0 Å². The number of nitrogens with zero attached hydrogens (tertiary/aromatic N) is 1. The minimum atomic E-state index is -1.47. The van der Waals surface area contributed by atoms with E-state index in [0.29, 0.717) is 0 Å². The highest BCUT2D eigenvalue weighted by atomic mass is 16.5. The molecular formula is C5H12N2O3. The molecule has 0 rings (SSSR count). The Kier molecular flexibility index (Phi) is 3.75. The molecule has 60 valence electrons. The highest BCUT2D eigenvalue weighted by Gasteiger charge is 2.08. The standard InChI is InChI=1S/C5H12N2O3/c1-6-5(10)7(2)3-4(8)9/h4,8-9H,3H2,1-2H3,(H,6,10). The van der Waals surface area contributed by atoms with Crippen LogP contribution in [0.3, 0.4) is 0 Å². The van der Waals surface area contributed by atoms with E-state index < -0.39 is 6.29 Å². The van der Waals surface area contributed by atoms with Gasteiger partial charge in [0.2, 0.25) is 0 Å². The van der Waals surface area contributed by atoms with Crippen molar-refractivity contribution in [2.75, 3.05) is 20.6 Å². The maximum Gasteiger partial charge on any atom is 0.317 e. The fraction of sp³-hybridized carbons (Fsp3) is 0.800. The van der Waals surface area contributed by atoms with Crippen LogP contribution in [0, 0.1) is 0 Å². The average Bonchev–Trinajstić information content (AvgIpc) is 1.85. The van der Waals surface area contributed by atoms with E-state index in [0.717, 1.165) is 0 Å². The summed E-state index contributed by atoms with van der Waals surface area (Å²) < 4.78 is 0. The summed E-state index contributed by atoms with van der Waals surface area (Å²) in [5.74, 6) is 0. The molecule has 0 radical (unpaired) electrons. The minimum Gasteiger partial charge on any atom is -0.367 e. The predicted molar refractivity (Wildman–Crippen MR) is 35.3 cm³/mol. The van der Waals surface area contributed by atoms with Gasteiger partial charge in [0, 0.05) is 14.1 Å². The highest BCUT2D eigenvalue weighted by Crippen LogP contribution is 1.85. The van der Waals surface area contributed by atoms with E-state index >= 15 is 0 Å². The van der Waals surface area contributed by atoms with E-state index in [1.54, 1.807) is 0 Å². The molecule has 0 unspecified atom stereocenters. The van der Waals surface area contributed by atoms with Crippen molar-refractivity contribution in [1.29, 1.82) is 0 Å². The first-order valence-corrected chi connectivity index (χ1v) is 2.87. The zero-order chi connectivity index (χ0) is 8.15. The molecule has 0 atom stereocenters. The molecule has 0 bridgehead atoms. The zero-order valence-electron chi connectivity index (χ0n) is 6.03. The summed E-state index contributed by atoms with van der Waals surface area (Å²) >= 11 is 0. The van der Waals surface area contributed by atoms with Gasteiger partial charge in [-0.15, -0.1) is 0 Å². The monoisotopic (exact) mass is 148 g/mol. The van der Waals surface area contributed by atoms with Gasteiger partial charge in [0.1, 0.15) is 0 Å². The Balaban J connectivity index is 3.61. The fourth-order valence-corrected chi connectivity index (χ4v) is 0.519. The fourth-order valence-electron chi connectivity index (χ4n) is 0.519. The van der Waals surface area contributed by atoms with Crippen LogP contribution in [0.1, 0.15) is 0 Å². The Labute approximate surface area is 59.3 Å². The Morgan fingerprint density at radius 2 is 2.20 bits per heavy atom. The number of hydrogen-bond acceptors (Lipinski definition) is 3. The van der Waals surface area contributed by atoms with Crippen LogP contribution in [-0.2, 0) is 0 Å². The SMILES string of the molecule is CNC(=O)N(C)CC(O)O. The summed E-state index contributed by atoms with van der Waals surface area (Å²) in [4.78, 5) is 11.8. The molecule has 0 spiro atoms. The summed E-state index contributed by atoms with van der Waals surface area (Å²) in [5.41, 5.74) is 0. The van der Waals surface area contributed by atoms with Crippen molar-refractivity contribution >= 4 is 6.03 Å². The van der Waals surface area contributed by atoms with Crippen LogP contribution in [0.25, 0.3) is 0 Å². The number of likely N-dealkylation sites (N-methyl/N-ethyl adjacent to an activating group) is 1. The number of carbonyl (C=O) groups is 1. The number of rotatable bonds is 2. The highest BCUT2D eigenvalue weighted by molar-refractivity contribution is 5.73. The third kappa shape index (κ3) is 3.26. The maximum atomic E-state index is 10.6. The van der Waals surface area contributed by atoms with Gasteiger partial charge in [-0.05, 0) is 0 Å². The number of hydrogen-bond donors (Lipinski definition) is 3. The topological polar surface area (TPSA) is 72.8 Å². The van der Waals surface area contributed by atoms with E-state index in [-0.39, 0.29) is 12.6 Å². The van der Waals surface area contributed by atoms with Gasteiger partial charge in [-0.3, -0.25) is 0 Å². The lowest BCUT2D eigenvalue weighted by molar-refractivity contribution is -0.0513. The number of carbonyl (C=O) groups excluding carboxylic acids is 1. The molecule has 10 heavy (non-hydrogen) atoms. The Morgan fingerprint density at radius 3 is 2.50 bits per heavy atom. The van der Waals surface area contributed by atoms with Gasteiger partial charge in [0.05, 0.1) is 6.54 Å². The van der Waals surface area contributed by atoms with Gasteiger partial charge in [0.15, 0.2) is 6.29 Å². The lowest BCUT2D eigenvalue weighted by Crippen LogP contribution is -2.39. The van der Waals surface area contributed by atoms with Crippen molar-refractivity contribution < 1.29 is 15.0 Å². The normalized spacial score (nSPS) is 9.70. The molecular weight excluding hydrogens is 136 g/mol. The number of amides is 2. The lowest BCUT2D eigenvalue weighted by Gasteiger charge is -2.16. The second-order valence-electron chi connectivity index (χ2n) is 1.92. The first-order chi connectivity index (χ1) is 4.57. The summed E-state index contributed by atoms with van der Waals surface area (Å²) in [6.07, 6.45) is -1.47. The van der Waals surface area contributed by atoms with Gasteiger partial charge < -0.3 is 20.4 Å². The summed E-state index contributed by atoms with van der Waals surface area (Å²) in [6, 6.07) is -0.340. The van der Waals surface area contributed by atoms with Crippen molar-refractivity contribution in [1.82, 2.24) is 10.2 Å². The van der Waals surface area contributed by atoms with Crippen LogP contribution in [-0.4, -0.2) is 48.1 Å². The molecule has 0 aliphatic rings. The van der Waals surface area contributed by atoms with Crippen molar-refractivity contribution in [3.8, 4) is 0 Å². The Bertz CT molecular complexity index is 115. The van der Waals surface area contributed by atoms with Crippen molar-refractivity contribution in [3.05, 3.63) is 0 Å². The number of urea groups is 1. The van der Waals surface area contributed by atoms with Crippen molar-refractivity contribution in [2.24, 2.45) is 0 Å². The summed E-state index contributed by atoms with van der Waals surface area (Å²) in [5, 5.41) is 19.1. The number of nitrogens with one attached hydrogen (secondary N) is 1. The molecule has 0 aliphatic heterocycles. The molecule has 5 heteroatoms. The van der Waals surface area contributed by atoms with E-state index in [1.165, 1.54) is 19.0 Å². The van der Waals surface area contributed by atoms with Crippen LogP contribution in [0.5, 0.6) is 0 Å². The largest absolute Gasteiger partial charge is 0.367 e. The van der Waals surface area contributed by atoms with Crippen LogP contribution in [0.4, 0.5) is 4.79 Å². The maximum absolute atomic E-state index is 10.6.